The van der Waals surface area contributed by atoms with Crippen molar-refractivity contribution in [2.75, 3.05) is 13.1 Å². The van der Waals surface area contributed by atoms with Crippen molar-refractivity contribution in [3.05, 3.63) is 64.8 Å². The van der Waals surface area contributed by atoms with Crippen LogP contribution in [-0.4, -0.2) is 35.9 Å². The van der Waals surface area contributed by atoms with Crippen molar-refractivity contribution in [3.8, 4) is 0 Å². The molecule has 0 saturated carbocycles. The van der Waals surface area contributed by atoms with Crippen molar-refractivity contribution in [3.63, 3.8) is 0 Å². The Hall–Kier alpha value is -3.15. The number of benzene rings is 1. The Kier molecular flexibility index (Phi) is 7.11. The van der Waals surface area contributed by atoms with E-state index in [-0.39, 0.29) is 18.1 Å². The van der Waals surface area contributed by atoms with Gasteiger partial charge in [-0.15, -0.1) is 0 Å². The van der Waals surface area contributed by atoms with E-state index in [1.54, 1.807) is 19.1 Å². The highest BCUT2D eigenvalue weighted by atomic mass is 16.4. The Balaban J connectivity index is 2.46. The second-order valence-corrected chi connectivity index (χ2v) is 6.19. The number of Topliss-reactive ketones (excluding diaryl/α,β-unsaturated/α-hetero) is 1. The summed E-state index contributed by atoms with van der Waals surface area (Å²) in [6.45, 7) is 4.03. The first kappa shape index (κ1) is 20.2. The average molecular weight is 368 g/mol. The van der Waals surface area contributed by atoms with E-state index in [4.69, 9.17) is 5.11 Å². The molecule has 1 heterocycles. The van der Waals surface area contributed by atoms with Gasteiger partial charge in [0, 0.05) is 25.1 Å². The highest BCUT2D eigenvalue weighted by Gasteiger charge is 2.27. The zero-order valence-electron chi connectivity index (χ0n) is 15.5. The maximum absolute atomic E-state index is 12.5. The van der Waals surface area contributed by atoms with Crippen LogP contribution >= 0.6 is 0 Å². The van der Waals surface area contributed by atoms with E-state index in [0.29, 0.717) is 36.4 Å². The smallest absolute Gasteiger partial charge is 0.303 e. The average Bonchev–Trinajstić information content (AvgIpc) is 3.00. The van der Waals surface area contributed by atoms with Crippen LogP contribution in [0.2, 0.25) is 0 Å². The Morgan fingerprint density at radius 2 is 1.96 bits per heavy atom. The predicted molar refractivity (Wildman–Crippen MR) is 104 cm³/mol. The molecule has 2 rings (SSSR count). The third-order valence-electron chi connectivity index (χ3n) is 4.22. The van der Waals surface area contributed by atoms with Gasteiger partial charge in [-0.05, 0) is 37.5 Å². The van der Waals surface area contributed by atoms with Gasteiger partial charge in [0.25, 0.3) is 5.91 Å². The first-order valence-corrected chi connectivity index (χ1v) is 8.85. The number of carboxylic acids is 1. The largest absolute Gasteiger partial charge is 0.481 e. The van der Waals surface area contributed by atoms with Crippen LogP contribution in [0, 0.1) is 0 Å². The molecule has 1 aliphatic heterocycles. The van der Waals surface area contributed by atoms with Gasteiger partial charge in [0.2, 0.25) is 0 Å². The van der Waals surface area contributed by atoms with E-state index < -0.39 is 5.97 Å². The lowest BCUT2D eigenvalue weighted by Gasteiger charge is -2.14. The van der Waals surface area contributed by atoms with Crippen molar-refractivity contribution in [1.29, 1.82) is 0 Å². The Bertz CT molecular complexity index is 820. The Morgan fingerprint density at radius 1 is 1.26 bits per heavy atom. The molecule has 1 aromatic carbocycles. The number of hydrogen-bond donors (Lipinski definition) is 3. The topological polar surface area (TPSA) is 95.5 Å². The van der Waals surface area contributed by atoms with E-state index in [0.717, 1.165) is 11.1 Å². The third kappa shape index (κ3) is 5.41. The Morgan fingerprint density at radius 3 is 2.56 bits per heavy atom. The molecule has 1 aromatic rings. The second-order valence-electron chi connectivity index (χ2n) is 6.19. The summed E-state index contributed by atoms with van der Waals surface area (Å²) in [6, 6.07) is 9.40. The molecular formula is C21H24N2O4. The first-order chi connectivity index (χ1) is 12.9. The number of hydrogen-bond acceptors (Lipinski definition) is 4. The lowest BCUT2D eigenvalue weighted by atomic mass is 9.98. The molecule has 0 aliphatic carbocycles. The molecule has 1 fully saturated rings. The number of amides is 1. The fourth-order valence-electron chi connectivity index (χ4n) is 2.86. The van der Waals surface area contributed by atoms with E-state index in [1.165, 1.54) is 6.92 Å². The number of carboxylic acid groups (broad SMARTS) is 1. The molecule has 0 unspecified atom stereocenters. The third-order valence-corrected chi connectivity index (χ3v) is 4.22. The minimum atomic E-state index is -0.857. The molecule has 6 heteroatoms. The standard InChI is InChI=1S/C21H24N2O4/c1-3-15(14(2)24)12-17-13-23-21(27)19(17)20(16-8-5-4-6-9-16)22-11-7-10-18(25)26/h3-6,8-9,12,22H,7,10-11,13H2,1-2H3,(H,23,27)(H,25,26)/b15-3+,17-12+,20-19-. The normalized spacial score (nSPS) is 17.6. The SMILES string of the molecule is C\C=C(/C=C1\CNC(=O)\C1=C(/NCCCC(=O)O)c1ccccc1)C(C)=O. The molecular weight excluding hydrogens is 344 g/mol. The molecule has 0 atom stereocenters. The summed E-state index contributed by atoms with van der Waals surface area (Å²) >= 11 is 0. The van der Waals surface area contributed by atoms with Gasteiger partial charge in [0.05, 0.1) is 11.3 Å². The Labute approximate surface area is 158 Å². The monoisotopic (exact) mass is 368 g/mol. The van der Waals surface area contributed by atoms with E-state index in [1.807, 2.05) is 30.3 Å². The predicted octanol–water partition coefficient (Wildman–Crippen LogP) is 2.44. The highest BCUT2D eigenvalue weighted by Crippen LogP contribution is 2.26. The van der Waals surface area contributed by atoms with Crippen LogP contribution in [0.3, 0.4) is 0 Å². The van der Waals surface area contributed by atoms with Gasteiger partial charge in [-0.25, -0.2) is 0 Å². The summed E-state index contributed by atoms with van der Waals surface area (Å²) in [5.74, 6) is -1.15. The summed E-state index contributed by atoms with van der Waals surface area (Å²) in [5.41, 5.74) is 3.22. The van der Waals surface area contributed by atoms with Crippen LogP contribution in [0.4, 0.5) is 0 Å². The summed E-state index contributed by atoms with van der Waals surface area (Å²) in [7, 11) is 0. The highest BCUT2D eigenvalue weighted by molar-refractivity contribution is 6.09. The van der Waals surface area contributed by atoms with Gasteiger partial charge in [0.1, 0.15) is 0 Å². The van der Waals surface area contributed by atoms with Crippen LogP contribution in [0.5, 0.6) is 0 Å². The minimum Gasteiger partial charge on any atom is -0.481 e. The number of aliphatic carboxylic acids is 1. The van der Waals surface area contributed by atoms with Gasteiger partial charge in [0.15, 0.2) is 5.78 Å². The van der Waals surface area contributed by atoms with Gasteiger partial charge in [-0.2, -0.15) is 0 Å². The molecule has 1 aliphatic rings. The van der Waals surface area contributed by atoms with Gasteiger partial charge < -0.3 is 15.7 Å². The zero-order valence-corrected chi connectivity index (χ0v) is 15.5. The summed E-state index contributed by atoms with van der Waals surface area (Å²) in [4.78, 5) is 35.0. The van der Waals surface area contributed by atoms with Gasteiger partial charge in [-0.1, -0.05) is 36.4 Å². The van der Waals surface area contributed by atoms with Crippen LogP contribution < -0.4 is 10.6 Å². The zero-order chi connectivity index (χ0) is 19.8. The second kappa shape index (κ2) is 9.52. The molecule has 1 amide bonds. The number of rotatable bonds is 8. The fraction of sp³-hybridized carbons (Fsp3) is 0.286. The van der Waals surface area contributed by atoms with Gasteiger partial charge >= 0.3 is 5.97 Å². The summed E-state index contributed by atoms with van der Waals surface area (Å²) in [6.07, 6.45) is 3.94. The van der Waals surface area contributed by atoms with Crippen LogP contribution in [-0.2, 0) is 14.4 Å². The molecule has 0 spiro atoms. The number of nitrogens with one attached hydrogen (secondary N) is 2. The number of carbonyl (C=O) groups is 3. The van der Waals surface area contributed by atoms with Crippen molar-refractivity contribution in [2.24, 2.45) is 0 Å². The van der Waals surface area contributed by atoms with E-state index in [2.05, 4.69) is 10.6 Å². The van der Waals surface area contributed by atoms with Crippen LogP contribution in [0.25, 0.3) is 5.70 Å². The molecule has 1 saturated heterocycles. The summed E-state index contributed by atoms with van der Waals surface area (Å²) < 4.78 is 0. The maximum atomic E-state index is 12.5. The number of allylic oxidation sites excluding steroid dienone is 3. The molecule has 3 N–H and O–H groups in total. The molecule has 27 heavy (non-hydrogen) atoms. The van der Waals surface area contributed by atoms with Crippen molar-refractivity contribution in [1.82, 2.24) is 10.6 Å². The molecule has 6 nitrogen and oxygen atoms in total. The van der Waals surface area contributed by atoms with Crippen molar-refractivity contribution < 1.29 is 19.5 Å². The number of carbonyl (C=O) groups excluding carboxylic acids is 2. The van der Waals surface area contributed by atoms with Crippen molar-refractivity contribution in [2.45, 2.75) is 26.7 Å². The first-order valence-electron chi connectivity index (χ1n) is 8.85. The minimum absolute atomic E-state index is 0.0480. The quantitative estimate of drug-likeness (QED) is 0.484. The van der Waals surface area contributed by atoms with Crippen LogP contribution in [0.1, 0.15) is 32.3 Å². The van der Waals surface area contributed by atoms with Crippen LogP contribution in [0.15, 0.2) is 59.2 Å². The van der Waals surface area contributed by atoms with Crippen molar-refractivity contribution >= 4 is 23.4 Å². The fourth-order valence-corrected chi connectivity index (χ4v) is 2.86. The lowest BCUT2D eigenvalue weighted by molar-refractivity contribution is -0.137. The molecule has 0 aromatic heterocycles. The van der Waals surface area contributed by atoms with E-state index >= 15 is 0 Å². The lowest BCUT2D eigenvalue weighted by Crippen LogP contribution is -2.21. The molecule has 0 radical (unpaired) electrons. The number of ketones is 1. The molecule has 0 bridgehead atoms. The van der Waals surface area contributed by atoms with Gasteiger partial charge in [-0.3, -0.25) is 14.4 Å². The maximum Gasteiger partial charge on any atom is 0.303 e. The molecule has 142 valence electrons. The van der Waals surface area contributed by atoms with E-state index in [9.17, 15) is 14.4 Å². The summed E-state index contributed by atoms with van der Waals surface area (Å²) in [5, 5.41) is 14.9.